The molecule has 1 aromatic carbocycles. The van der Waals surface area contributed by atoms with Crippen molar-refractivity contribution in [3.8, 4) is 0 Å². The van der Waals surface area contributed by atoms with E-state index in [1.807, 2.05) is 40.7 Å². The molecule has 6 nitrogen and oxygen atoms in total. The number of benzene rings is 1. The van der Waals surface area contributed by atoms with Crippen LogP contribution in [0.25, 0.3) is 0 Å². The monoisotopic (exact) mass is 382 g/mol. The molecule has 2 rings (SSSR count). The van der Waals surface area contributed by atoms with E-state index in [2.05, 4.69) is 0 Å². The summed E-state index contributed by atoms with van der Waals surface area (Å²) in [6.45, 7) is 10.4. The Labute approximate surface area is 157 Å². The first-order chi connectivity index (χ1) is 11.9. The Morgan fingerprint density at radius 1 is 1.15 bits per heavy atom. The third-order valence-electron chi connectivity index (χ3n) is 4.79. The first-order valence-electron chi connectivity index (χ1n) is 8.95. The number of hydrogen-bond donors (Lipinski definition) is 0. The van der Waals surface area contributed by atoms with Gasteiger partial charge in [-0.2, -0.15) is 4.31 Å². The summed E-state index contributed by atoms with van der Waals surface area (Å²) in [5.74, 6) is 0. The molecule has 0 atom stereocenters. The Morgan fingerprint density at radius 2 is 1.73 bits per heavy atom. The van der Waals surface area contributed by atoms with Gasteiger partial charge in [-0.1, -0.05) is 6.07 Å². The predicted molar refractivity (Wildman–Crippen MR) is 102 cm³/mol. The zero-order valence-corrected chi connectivity index (χ0v) is 17.4. The van der Waals surface area contributed by atoms with Crippen LogP contribution < -0.4 is 0 Å². The van der Waals surface area contributed by atoms with Crippen LogP contribution in [0.4, 0.5) is 4.79 Å². The fourth-order valence-corrected chi connectivity index (χ4v) is 4.48. The molecule has 7 heteroatoms. The zero-order valence-electron chi connectivity index (χ0n) is 16.6. The molecule has 0 aliphatic carbocycles. The minimum absolute atomic E-state index is 0.125. The third kappa shape index (κ3) is 4.76. The predicted octanol–water partition coefficient (Wildman–Crippen LogP) is 3.32. The van der Waals surface area contributed by atoms with Crippen LogP contribution in [0.3, 0.4) is 0 Å². The van der Waals surface area contributed by atoms with E-state index in [0.717, 1.165) is 11.1 Å². The number of piperidine rings is 1. The van der Waals surface area contributed by atoms with E-state index in [0.29, 0.717) is 30.8 Å². The minimum Gasteiger partial charge on any atom is -0.444 e. The first kappa shape index (κ1) is 20.7. The lowest BCUT2D eigenvalue weighted by Crippen LogP contribution is -2.48. The number of rotatable bonds is 3. The Morgan fingerprint density at radius 3 is 2.23 bits per heavy atom. The van der Waals surface area contributed by atoms with Crippen molar-refractivity contribution < 1.29 is 17.9 Å². The van der Waals surface area contributed by atoms with Crippen LogP contribution >= 0.6 is 0 Å². The fraction of sp³-hybridized carbons (Fsp3) is 0.632. The molecule has 146 valence electrons. The molecule has 1 aromatic rings. The average Bonchev–Trinajstić information content (AvgIpc) is 2.55. The van der Waals surface area contributed by atoms with Crippen LogP contribution in [0.2, 0.25) is 0 Å². The molecule has 0 bridgehead atoms. The topological polar surface area (TPSA) is 66.9 Å². The Bertz CT molecular complexity index is 760. The number of hydrogen-bond acceptors (Lipinski definition) is 4. The summed E-state index contributed by atoms with van der Waals surface area (Å²) in [4.78, 5) is 14.1. The second-order valence-electron chi connectivity index (χ2n) is 7.97. The van der Waals surface area contributed by atoms with Gasteiger partial charge in [-0.05, 0) is 70.7 Å². The maximum Gasteiger partial charge on any atom is 0.410 e. The van der Waals surface area contributed by atoms with Crippen molar-refractivity contribution in [2.45, 2.75) is 64.0 Å². The molecule has 1 aliphatic rings. The molecule has 0 radical (unpaired) electrons. The number of carbonyl (C=O) groups excluding carboxylic acids is 1. The second-order valence-corrected chi connectivity index (χ2v) is 9.96. The smallest absolute Gasteiger partial charge is 0.410 e. The molecule has 0 aromatic heterocycles. The van der Waals surface area contributed by atoms with Crippen LogP contribution in [0.1, 0.15) is 44.7 Å². The lowest BCUT2D eigenvalue weighted by molar-refractivity contribution is 0.0183. The molecule has 1 amide bonds. The van der Waals surface area contributed by atoms with Gasteiger partial charge >= 0.3 is 6.09 Å². The van der Waals surface area contributed by atoms with Crippen LogP contribution in [0, 0.1) is 13.8 Å². The van der Waals surface area contributed by atoms with E-state index in [1.54, 1.807) is 24.1 Å². The summed E-state index contributed by atoms with van der Waals surface area (Å²) in [6.07, 6.45) is 0.857. The molecule has 1 aliphatic heterocycles. The summed E-state index contributed by atoms with van der Waals surface area (Å²) in [6, 6.07) is 5.09. The van der Waals surface area contributed by atoms with Crippen LogP contribution in [-0.2, 0) is 14.8 Å². The number of amides is 1. The standard InChI is InChI=1S/C19H30N2O4S/c1-14-7-8-17(13-15(14)2)26(23,24)20(6)16-9-11-21(12-10-16)18(22)25-19(3,4)5/h7-8,13,16H,9-12H2,1-6H3. The minimum atomic E-state index is -3.55. The fourth-order valence-electron chi connectivity index (χ4n) is 2.98. The number of likely N-dealkylation sites (tertiary alicyclic amines) is 1. The maximum absolute atomic E-state index is 12.9. The van der Waals surface area contributed by atoms with Gasteiger partial charge in [0.15, 0.2) is 0 Å². The second kappa shape index (κ2) is 7.56. The number of aryl methyl sites for hydroxylation is 2. The summed E-state index contributed by atoms with van der Waals surface area (Å²) in [5.41, 5.74) is 1.49. The van der Waals surface area contributed by atoms with E-state index in [-0.39, 0.29) is 12.1 Å². The highest BCUT2D eigenvalue weighted by molar-refractivity contribution is 7.89. The highest BCUT2D eigenvalue weighted by Crippen LogP contribution is 2.25. The van der Waals surface area contributed by atoms with Gasteiger partial charge in [0.2, 0.25) is 10.0 Å². The lowest BCUT2D eigenvalue weighted by atomic mass is 10.1. The highest BCUT2D eigenvalue weighted by Gasteiger charge is 2.33. The average molecular weight is 383 g/mol. The van der Waals surface area contributed by atoms with Crippen molar-refractivity contribution >= 4 is 16.1 Å². The largest absolute Gasteiger partial charge is 0.444 e. The number of ether oxygens (including phenoxy) is 1. The summed E-state index contributed by atoms with van der Waals surface area (Å²) >= 11 is 0. The molecular weight excluding hydrogens is 352 g/mol. The van der Waals surface area contributed by atoms with Gasteiger partial charge < -0.3 is 9.64 Å². The molecular formula is C19H30N2O4S. The Balaban J connectivity index is 2.04. The number of carbonyl (C=O) groups is 1. The van der Waals surface area contributed by atoms with Crippen molar-refractivity contribution in [1.82, 2.24) is 9.21 Å². The van der Waals surface area contributed by atoms with E-state index in [4.69, 9.17) is 4.74 Å². The SMILES string of the molecule is Cc1ccc(S(=O)(=O)N(C)C2CCN(C(=O)OC(C)(C)C)CC2)cc1C. The van der Waals surface area contributed by atoms with E-state index in [9.17, 15) is 13.2 Å². The summed E-state index contributed by atoms with van der Waals surface area (Å²) < 4.78 is 32.7. The maximum atomic E-state index is 12.9. The van der Waals surface area contributed by atoms with Crippen LogP contribution in [0.5, 0.6) is 0 Å². The lowest BCUT2D eigenvalue weighted by Gasteiger charge is -2.36. The normalized spacial score (nSPS) is 16.8. The Hall–Kier alpha value is -1.60. The van der Waals surface area contributed by atoms with Crippen LogP contribution in [-0.4, -0.2) is 55.5 Å². The third-order valence-corrected chi connectivity index (χ3v) is 6.69. The van der Waals surface area contributed by atoms with E-state index in [1.165, 1.54) is 4.31 Å². The number of sulfonamides is 1. The van der Waals surface area contributed by atoms with Gasteiger partial charge in [0.05, 0.1) is 4.90 Å². The molecule has 1 fully saturated rings. The van der Waals surface area contributed by atoms with Gasteiger partial charge in [0.1, 0.15) is 5.60 Å². The molecule has 0 spiro atoms. The molecule has 26 heavy (non-hydrogen) atoms. The molecule has 0 unspecified atom stereocenters. The van der Waals surface area contributed by atoms with Crippen LogP contribution in [0.15, 0.2) is 23.1 Å². The van der Waals surface area contributed by atoms with Crippen molar-refractivity contribution in [1.29, 1.82) is 0 Å². The number of nitrogens with zero attached hydrogens (tertiary/aromatic N) is 2. The molecule has 1 saturated heterocycles. The highest BCUT2D eigenvalue weighted by atomic mass is 32.2. The van der Waals surface area contributed by atoms with E-state index < -0.39 is 15.6 Å². The molecule has 0 saturated carbocycles. The Kier molecular flexibility index (Phi) is 6.02. The van der Waals surface area contributed by atoms with Gasteiger partial charge in [-0.25, -0.2) is 13.2 Å². The molecule has 1 heterocycles. The van der Waals surface area contributed by atoms with Gasteiger partial charge in [0.25, 0.3) is 0 Å². The molecule has 0 N–H and O–H groups in total. The zero-order chi connectivity index (χ0) is 19.7. The van der Waals surface area contributed by atoms with Crippen molar-refractivity contribution in [3.05, 3.63) is 29.3 Å². The van der Waals surface area contributed by atoms with Gasteiger partial charge in [-0.3, -0.25) is 0 Å². The van der Waals surface area contributed by atoms with Crippen molar-refractivity contribution in [2.75, 3.05) is 20.1 Å². The summed E-state index contributed by atoms with van der Waals surface area (Å²) in [5, 5.41) is 0. The van der Waals surface area contributed by atoms with Crippen molar-refractivity contribution in [3.63, 3.8) is 0 Å². The first-order valence-corrected chi connectivity index (χ1v) is 10.4. The summed E-state index contributed by atoms with van der Waals surface area (Å²) in [7, 11) is -1.92. The van der Waals surface area contributed by atoms with E-state index >= 15 is 0 Å². The van der Waals surface area contributed by atoms with Gasteiger partial charge in [0, 0.05) is 26.2 Å². The van der Waals surface area contributed by atoms with Gasteiger partial charge in [-0.15, -0.1) is 0 Å². The quantitative estimate of drug-likeness (QED) is 0.804. The van der Waals surface area contributed by atoms with Crippen molar-refractivity contribution in [2.24, 2.45) is 0 Å².